The lowest BCUT2D eigenvalue weighted by Crippen LogP contribution is -2.38. The number of hydrogen-bond acceptors (Lipinski definition) is 9. The number of hydrogen-bond donors (Lipinski definition) is 2. The number of piperidine rings is 1. The van der Waals surface area contributed by atoms with Gasteiger partial charge in [0.05, 0.1) is 17.3 Å². The van der Waals surface area contributed by atoms with E-state index in [-0.39, 0.29) is 23.3 Å². The molecular formula is C26H27ClN6O3S. The molecule has 0 saturated carbocycles. The molecule has 1 aromatic carbocycles. The lowest BCUT2D eigenvalue weighted by atomic mass is 10.1. The van der Waals surface area contributed by atoms with Crippen LogP contribution in [0.2, 0.25) is 5.28 Å². The number of aromatic nitrogens is 3. The monoisotopic (exact) mass is 538 g/mol. The molecule has 9 nitrogen and oxygen atoms in total. The van der Waals surface area contributed by atoms with Crippen molar-refractivity contribution in [2.24, 2.45) is 0 Å². The Labute approximate surface area is 223 Å². The van der Waals surface area contributed by atoms with Gasteiger partial charge in [-0.25, -0.2) is 9.97 Å². The second-order valence-electron chi connectivity index (χ2n) is 9.52. The fourth-order valence-corrected chi connectivity index (χ4v) is 6.24. The Morgan fingerprint density at radius 3 is 3.00 bits per heavy atom. The van der Waals surface area contributed by atoms with Gasteiger partial charge >= 0.3 is 0 Å². The predicted octanol–water partition coefficient (Wildman–Crippen LogP) is 4.84. The van der Waals surface area contributed by atoms with Crippen molar-refractivity contribution in [1.82, 2.24) is 25.2 Å². The zero-order valence-corrected chi connectivity index (χ0v) is 22.2. The van der Waals surface area contributed by atoms with Gasteiger partial charge in [0, 0.05) is 66.1 Å². The molecule has 4 aromatic rings. The van der Waals surface area contributed by atoms with Gasteiger partial charge in [-0.05, 0) is 56.1 Å². The quantitative estimate of drug-likeness (QED) is 0.348. The summed E-state index contributed by atoms with van der Waals surface area (Å²) in [4.78, 5) is 29.0. The summed E-state index contributed by atoms with van der Waals surface area (Å²) < 4.78 is 12.8. The van der Waals surface area contributed by atoms with E-state index in [1.54, 1.807) is 13.3 Å². The van der Waals surface area contributed by atoms with Crippen LogP contribution in [-0.2, 0) is 11.3 Å². The number of carbonyl (C=O) groups excluding carboxylic acids is 1. The van der Waals surface area contributed by atoms with Crippen molar-refractivity contribution in [1.29, 1.82) is 0 Å². The predicted molar refractivity (Wildman–Crippen MR) is 145 cm³/mol. The number of methoxy groups -OCH3 is 1. The summed E-state index contributed by atoms with van der Waals surface area (Å²) in [6.45, 7) is 5.10. The second-order valence-corrected chi connectivity index (χ2v) is 10.9. The van der Waals surface area contributed by atoms with Gasteiger partial charge in [-0.1, -0.05) is 0 Å². The Balaban J connectivity index is 1.32. The van der Waals surface area contributed by atoms with Gasteiger partial charge in [0.15, 0.2) is 0 Å². The summed E-state index contributed by atoms with van der Waals surface area (Å²) in [6, 6.07) is 7.81. The minimum atomic E-state index is -0.0477. The van der Waals surface area contributed by atoms with E-state index in [4.69, 9.17) is 26.1 Å². The van der Waals surface area contributed by atoms with E-state index in [1.807, 2.05) is 31.2 Å². The van der Waals surface area contributed by atoms with Crippen molar-refractivity contribution in [2.45, 2.75) is 38.5 Å². The number of pyridine rings is 1. The molecule has 0 unspecified atom stereocenters. The lowest BCUT2D eigenvalue weighted by Gasteiger charge is -2.31. The molecule has 1 fully saturated rings. The zero-order chi connectivity index (χ0) is 25.5. The molecule has 2 atom stereocenters. The Morgan fingerprint density at radius 1 is 1.24 bits per heavy atom. The topological polar surface area (TPSA) is 102 Å². The van der Waals surface area contributed by atoms with Crippen molar-refractivity contribution in [3.05, 3.63) is 46.2 Å². The Kier molecular flexibility index (Phi) is 6.58. The average Bonchev–Trinajstić information content (AvgIpc) is 3.22. The minimum Gasteiger partial charge on any atom is -0.420 e. The molecule has 2 aliphatic rings. The Hall–Kier alpha value is -3.05. The highest BCUT2D eigenvalue weighted by atomic mass is 35.5. The summed E-state index contributed by atoms with van der Waals surface area (Å²) in [5, 5.41) is 8.56. The Bertz CT molecular complexity index is 1490. The van der Waals surface area contributed by atoms with E-state index in [1.165, 1.54) is 11.3 Å². The molecule has 2 N–H and O–H groups in total. The van der Waals surface area contributed by atoms with Crippen LogP contribution in [0.15, 0.2) is 30.5 Å². The van der Waals surface area contributed by atoms with Crippen molar-refractivity contribution >= 4 is 55.5 Å². The fourth-order valence-electron chi connectivity index (χ4n) is 5.02. The third kappa shape index (κ3) is 4.82. The van der Waals surface area contributed by atoms with E-state index in [9.17, 15) is 4.79 Å². The van der Waals surface area contributed by atoms with Crippen molar-refractivity contribution in [3.63, 3.8) is 0 Å². The third-order valence-electron chi connectivity index (χ3n) is 6.85. The number of rotatable bonds is 5. The zero-order valence-electron chi connectivity index (χ0n) is 20.6. The first-order valence-electron chi connectivity index (χ1n) is 12.3. The number of nitrogens with zero attached hydrogens (tertiary/aromatic N) is 4. The highest BCUT2D eigenvalue weighted by molar-refractivity contribution is 7.21. The van der Waals surface area contributed by atoms with Crippen LogP contribution in [0.1, 0.15) is 35.0 Å². The highest BCUT2D eigenvalue weighted by Crippen LogP contribution is 2.41. The summed E-state index contributed by atoms with van der Waals surface area (Å²) in [6.07, 6.45) is 4.07. The maximum absolute atomic E-state index is 12.7. The number of fused-ring (bicyclic) bond motifs is 5. The molecular weight excluding hydrogens is 512 g/mol. The van der Waals surface area contributed by atoms with E-state index in [0.29, 0.717) is 29.7 Å². The number of anilines is 1. The first kappa shape index (κ1) is 24.3. The van der Waals surface area contributed by atoms with Crippen molar-refractivity contribution in [2.75, 3.05) is 32.1 Å². The van der Waals surface area contributed by atoms with Crippen molar-refractivity contribution in [3.8, 4) is 11.8 Å². The van der Waals surface area contributed by atoms with Crippen LogP contribution in [0.25, 0.3) is 21.0 Å². The van der Waals surface area contributed by atoms with Gasteiger partial charge < -0.3 is 20.1 Å². The number of amides is 1. The van der Waals surface area contributed by atoms with Crippen molar-refractivity contribution < 1.29 is 14.3 Å². The second kappa shape index (κ2) is 10.0. The summed E-state index contributed by atoms with van der Waals surface area (Å²) in [5.41, 5.74) is 2.47. The van der Waals surface area contributed by atoms with E-state index in [0.717, 1.165) is 58.2 Å². The molecule has 1 amide bonds. The van der Waals surface area contributed by atoms with Crippen LogP contribution in [0.3, 0.4) is 0 Å². The number of ether oxygens (including phenoxy) is 2. The van der Waals surface area contributed by atoms with Crippen LogP contribution >= 0.6 is 22.9 Å². The maximum atomic E-state index is 12.7. The average molecular weight is 539 g/mol. The standard InChI is InChI=1S/C26H27ClN6O3S/c1-14-10-28-22-21-17-5-8-20(31-18(17)6-7-19(21)37-23(22)24(34)30-14)36-25-15(11-29-26(27)32-25)12-33-9-3-4-16(13-33)35-2/h5-8,11,14,16,28H,3-4,9-10,12-13H2,1-2H3,(H,30,34)/t14-,16-/m0/s1. The van der Waals surface area contributed by atoms with Gasteiger partial charge in [-0.2, -0.15) is 4.98 Å². The number of benzene rings is 1. The summed E-state index contributed by atoms with van der Waals surface area (Å²) in [5.74, 6) is 0.759. The first-order valence-corrected chi connectivity index (χ1v) is 13.5. The number of nitrogens with one attached hydrogen (secondary N) is 2. The number of carbonyl (C=O) groups is 1. The molecule has 37 heavy (non-hydrogen) atoms. The van der Waals surface area contributed by atoms with Gasteiger partial charge in [0.25, 0.3) is 5.91 Å². The van der Waals surface area contributed by atoms with Gasteiger partial charge in [0.1, 0.15) is 4.88 Å². The number of thiophene rings is 1. The molecule has 192 valence electrons. The van der Waals surface area contributed by atoms with E-state index in [2.05, 4.69) is 25.5 Å². The van der Waals surface area contributed by atoms with Crippen LogP contribution in [0, 0.1) is 0 Å². The van der Waals surface area contributed by atoms with E-state index >= 15 is 0 Å². The van der Waals surface area contributed by atoms with Gasteiger partial charge in [0.2, 0.25) is 17.0 Å². The minimum absolute atomic E-state index is 0.0477. The molecule has 11 heteroatoms. The molecule has 1 saturated heterocycles. The molecule has 3 aromatic heterocycles. The fraction of sp³-hybridized carbons (Fsp3) is 0.385. The normalized spacial score (nSPS) is 20.4. The molecule has 5 heterocycles. The first-order chi connectivity index (χ1) is 18.0. The van der Waals surface area contributed by atoms with Crippen LogP contribution in [0.5, 0.6) is 11.8 Å². The van der Waals surface area contributed by atoms with Crippen LogP contribution in [0.4, 0.5) is 5.69 Å². The Morgan fingerprint density at radius 2 is 2.14 bits per heavy atom. The molecule has 0 bridgehead atoms. The van der Waals surface area contributed by atoms with Crippen LogP contribution in [-0.4, -0.2) is 64.6 Å². The SMILES string of the molecule is CO[C@H]1CCCN(Cc2cnc(Cl)nc2Oc2ccc3c(ccc4sc5c(c43)NC[C@H](C)NC5=O)n2)C1. The smallest absolute Gasteiger partial charge is 0.263 e. The van der Waals surface area contributed by atoms with E-state index < -0.39 is 0 Å². The van der Waals surface area contributed by atoms with Gasteiger partial charge in [-0.15, -0.1) is 11.3 Å². The molecule has 0 spiro atoms. The van der Waals surface area contributed by atoms with Crippen LogP contribution < -0.4 is 15.4 Å². The number of halogens is 1. The molecule has 2 aliphatic heterocycles. The molecule has 0 aliphatic carbocycles. The number of likely N-dealkylation sites (tertiary alicyclic amines) is 1. The molecule has 0 radical (unpaired) electrons. The third-order valence-corrected chi connectivity index (χ3v) is 8.19. The molecule has 6 rings (SSSR count). The largest absolute Gasteiger partial charge is 0.420 e. The lowest BCUT2D eigenvalue weighted by molar-refractivity contribution is 0.0282. The summed E-state index contributed by atoms with van der Waals surface area (Å²) in [7, 11) is 1.76. The van der Waals surface area contributed by atoms with Gasteiger partial charge in [-0.3, -0.25) is 9.69 Å². The maximum Gasteiger partial charge on any atom is 0.263 e. The highest BCUT2D eigenvalue weighted by Gasteiger charge is 2.25. The summed E-state index contributed by atoms with van der Waals surface area (Å²) >= 11 is 7.62.